The second-order valence-corrected chi connectivity index (χ2v) is 5.15. The lowest BCUT2D eigenvalue weighted by Gasteiger charge is -2.27. The van der Waals surface area contributed by atoms with E-state index in [1.54, 1.807) is 11.8 Å². The molecule has 98 valence electrons. The third kappa shape index (κ3) is 4.02. The van der Waals surface area contributed by atoms with Crippen LogP contribution in [-0.2, 0) is 5.54 Å². The number of nitrogens with one attached hydrogen (secondary N) is 1. The molecule has 0 spiro atoms. The minimum Gasteiger partial charge on any atom is -0.396 e. The van der Waals surface area contributed by atoms with Crippen molar-refractivity contribution in [3.05, 3.63) is 35.9 Å². The Morgan fingerprint density at radius 3 is 2.67 bits per heavy atom. The topological polar surface area (TPSA) is 56.0 Å². The molecule has 0 fully saturated rings. The minimum absolute atomic E-state index is 0.207. The van der Waals surface area contributed by atoms with Crippen molar-refractivity contribution < 1.29 is 5.11 Å². The van der Waals surface area contributed by atoms with E-state index in [0.29, 0.717) is 5.75 Å². The maximum Gasteiger partial charge on any atom is 0.141 e. The fourth-order valence-corrected chi connectivity index (χ4v) is 2.91. The molecule has 0 saturated carbocycles. The van der Waals surface area contributed by atoms with Gasteiger partial charge in [-0.05, 0) is 24.3 Å². The number of rotatable bonds is 8. The van der Waals surface area contributed by atoms with Crippen molar-refractivity contribution in [3.63, 3.8) is 0 Å². The molecule has 0 amide bonds. The third-order valence-electron chi connectivity index (χ3n) is 2.70. The zero-order chi connectivity index (χ0) is 13.3. The fourth-order valence-electron chi connectivity index (χ4n) is 1.79. The first-order chi connectivity index (χ1) is 8.79. The summed E-state index contributed by atoms with van der Waals surface area (Å²) in [6.45, 7) is 2.97. The minimum atomic E-state index is -0.629. The number of nitriles is 1. The van der Waals surface area contributed by atoms with Crippen molar-refractivity contribution in [2.45, 2.75) is 18.9 Å². The van der Waals surface area contributed by atoms with Crippen LogP contribution in [0.3, 0.4) is 0 Å². The molecule has 1 aromatic rings. The lowest BCUT2D eigenvalue weighted by atomic mass is 9.93. The standard InChI is InChI=1S/C14H20N2OS/c1-2-16-14(11-15,12-18-10-6-9-17)13-7-4-3-5-8-13/h3-5,7-8,16-17H,2,6,9-10,12H2,1H3. The monoisotopic (exact) mass is 264 g/mol. The van der Waals surface area contributed by atoms with Crippen LogP contribution in [0, 0.1) is 11.3 Å². The molecule has 0 radical (unpaired) electrons. The van der Waals surface area contributed by atoms with Gasteiger partial charge in [0.25, 0.3) is 0 Å². The van der Waals surface area contributed by atoms with Crippen LogP contribution in [0.4, 0.5) is 0 Å². The highest BCUT2D eigenvalue weighted by Crippen LogP contribution is 2.25. The second-order valence-electron chi connectivity index (χ2n) is 4.04. The average molecular weight is 264 g/mol. The van der Waals surface area contributed by atoms with Crippen LogP contribution in [0.25, 0.3) is 0 Å². The molecule has 0 aromatic heterocycles. The number of aliphatic hydroxyl groups excluding tert-OH is 1. The van der Waals surface area contributed by atoms with E-state index in [9.17, 15) is 5.26 Å². The van der Waals surface area contributed by atoms with Crippen LogP contribution in [0.15, 0.2) is 30.3 Å². The zero-order valence-electron chi connectivity index (χ0n) is 10.7. The quantitative estimate of drug-likeness (QED) is 0.706. The molecule has 2 N–H and O–H groups in total. The van der Waals surface area contributed by atoms with Crippen molar-refractivity contribution >= 4 is 11.8 Å². The molecule has 4 heteroatoms. The Bertz CT molecular complexity index is 377. The molecule has 0 aliphatic carbocycles. The average Bonchev–Trinajstić information content (AvgIpc) is 2.43. The molecule has 0 heterocycles. The van der Waals surface area contributed by atoms with Gasteiger partial charge in [0, 0.05) is 12.4 Å². The summed E-state index contributed by atoms with van der Waals surface area (Å²) in [4.78, 5) is 0. The molecule has 0 aliphatic heterocycles. The predicted octanol–water partition coefficient (Wildman–Crippen LogP) is 2.13. The van der Waals surface area contributed by atoms with E-state index in [-0.39, 0.29) is 6.61 Å². The summed E-state index contributed by atoms with van der Waals surface area (Å²) in [6.07, 6.45) is 0.771. The van der Waals surface area contributed by atoms with Crippen LogP contribution < -0.4 is 5.32 Å². The Morgan fingerprint density at radius 2 is 2.11 bits per heavy atom. The second kappa shape index (κ2) is 8.15. The normalized spacial score (nSPS) is 13.8. The molecule has 0 aliphatic rings. The smallest absolute Gasteiger partial charge is 0.141 e. The number of nitrogens with zero attached hydrogens (tertiary/aromatic N) is 1. The highest BCUT2D eigenvalue weighted by Gasteiger charge is 2.30. The molecule has 0 bridgehead atoms. The van der Waals surface area contributed by atoms with Gasteiger partial charge in [-0.3, -0.25) is 5.32 Å². The molecule has 18 heavy (non-hydrogen) atoms. The number of benzene rings is 1. The van der Waals surface area contributed by atoms with Crippen LogP contribution in [0.2, 0.25) is 0 Å². The van der Waals surface area contributed by atoms with E-state index in [1.165, 1.54) is 0 Å². The van der Waals surface area contributed by atoms with Gasteiger partial charge < -0.3 is 5.11 Å². The summed E-state index contributed by atoms with van der Waals surface area (Å²) in [5, 5.41) is 21.6. The van der Waals surface area contributed by atoms with Crippen LogP contribution in [0.1, 0.15) is 18.9 Å². The first kappa shape index (κ1) is 15.0. The van der Waals surface area contributed by atoms with Gasteiger partial charge >= 0.3 is 0 Å². The third-order valence-corrected chi connectivity index (χ3v) is 3.92. The van der Waals surface area contributed by atoms with E-state index in [4.69, 9.17) is 5.11 Å². The summed E-state index contributed by atoms with van der Waals surface area (Å²) in [7, 11) is 0. The van der Waals surface area contributed by atoms with Crippen molar-refractivity contribution in [2.75, 3.05) is 24.7 Å². The van der Waals surface area contributed by atoms with Crippen molar-refractivity contribution in [3.8, 4) is 6.07 Å². The van der Waals surface area contributed by atoms with E-state index < -0.39 is 5.54 Å². The summed E-state index contributed by atoms with van der Waals surface area (Å²) in [6, 6.07) is 12.3. The van der Waals surface area contributed by atoms with Crippen LogP contribution in [0.5, 0.6) is 0 Å². The Labute approximate surface area is 113 Å². The van der Waals surface area contributed by atoms with Crippen molar-refractivity contribution in [2.24, 2.45) is 0 Å². The van der Waals surface area contributed by atoms with Gasteiger partial charge in [-0.25, -0.2) is 0 Å². The zero-order valence-corrected chi connectivity index (χ0v) is 11.5. The Hall–Kier alpha value is -1.02. The number of thioether (sulfide) groups is 1. The highest BCUT2D eigenvalue weighted by atomic mass is 32.2. The molecule has 1 aromatic carbocycles. The Balaban J connectivity index is 2.79. The van der Waals surface area contributed by atoms with Gasteiger partial charge in [-0.15, -0.1) is 0 Å². The Morgan fingerprint density at radius 1 is 1.39 bits per heavy atom. The van der Waals surface area contributed by atoms with E-state index >= 15 is 0 Å². The van der Waals surface area contributed by atoms with Gasteiger partial charge in [-0.1, -0.05) is 37.3 Å². The summed E-state index contributed by atoms with van der Waals surface area (Å²) >= 11 is 1.70. The molecule has 3 nitrogen and oxygen atoms in total. The Kier molecular flexibility index (Phi) is 6.81. The van der Waals surface area contributed by atoms with Gasteiger partial charge in [0.05, 0.1) is 6.07 Å². The van der Waals surface area contributed by atoms with E-state index in [2.05, 4.69) is 11.4 Å². The first-order valence-electron chi connectivity index (χ1n) is 6.19. The molecule has 1 unspecified atom stereocenters. The van der Waals surface area contributed by atoms with Gasteiger partial charge in [-0.2, -0.15) is 17.0 Å². The largest absolute Gasteiger partial charge is 0.396 e. The summed E-state index contributed by atoms with van der Waals surface area (Å²) in [5.41, 5.74) is 0.377. The molecule has 0 saturated heterocycles. The van der Waals surface area contributed by atoms with Crippen LogP contribution in [-0.4, -0.2) is 29.8 Å². The highest BCUT2D eigenvalue weighted by molar-refractivity contribution is 7.99. The lowest BCUT2D eigenvalue weighted by molar-refractivity contribution is 0.296. The van der Waals surface area contributed by atoms with Crippen LogP contribution >= 0.6 is 11.8 Å². The summed E-state index contributed by atoms with van der Waals surface area (Å²) < 4.78 is 0. The van der Waals surface area contributed by atoms with E-state index in [0.717, 1.165) is 24.3 Å². The number of aliphatic hydroxyl groups is 1. The maximum absolute atomic E-state index is 9.54. The number of hydrogen-bond acceptors (Lipinski definition) is 4. The van der Waals surface area contributed by atoms with E-state index in [1.807, 2.05) is 37.3 Å². The summed E-state index contributed by atoms with van der Waals surface area (Å²) in [5.74, 6) is 1.57. The molecular formula is C14H20N2OS. The molecule has 1 atom stereocenters. The maximum atomic E-state index is 9.54. The first-order valence-corrected chi connectivity index (χ1v) is 7.35. The van der Waals surface area contributed by atoms with Crippen molar-refractivity contribution in [1.82, 2.24) is 5.32 Å². The van der Waals surface area contributed by atoms with Gasteiger partial charge in [0.2, 0.25) is 0 Å². The van der Waals surface area contributed by atoms with Gasteiger partial charge in [0.15, 0.2) is 0 Å². The number of hydrogen-bond donors (Lipinski definition) is 2. The molecular weight excluding hydrogens is 244 g/mol. The fraction of sp³-hybridized carbons (Fsp3) is 0.500. The SMILES string of the molecule is CCNC(C#N)(CSCCCO)c1ccccc1. The van der Waals surface area contributed by atoms with Gasteiger partial charge in [0.1, 0.15) is 5.54 Å². The van der Waals surface area contributed by atoms with Crippen molar-refractivity contribution in [1.29, 1.82) is 5.26 Å². The molecule has 1 rings (SSSR count). The predicted molar refractivity (Wildman–Crippen MR) is 76.4 cm³/mol. The lowest BCUT2D eigenvalue weighted by Crippen LogP contribution is -2.43.